The Morgan fingerprint density at radius 2 is 2.22 bits per heavy atom. The quantitative estimate of drug-likeness (QED) is 0.812. The normalized spacial score (nSPS) is 23.4. The van der Waals surface area contributed by atoms with Gasteiger partial charge in [-0.05, 0) is 21.3 Å². The van der Waals surface area contributed by atoms with E-state index in [0.29, 0.717) is 24.2 Å². The highest BCUT2D eigenvalue weighted by Crippen LogP contribution is 2.48. The third kappa shape index (κ3) is 2.47. The molecule has 1 aliphatic carbocycles. The highest BCUT2D eigenvalue weighted by Gasteiger charge is 2.44. The smallest absolute Gasteiger partial charge is 0.205 e. The molecular weight excluding hydrogens is 360 g/mol. The van der Waals surface area contributed by atoms with Crippen molar-refractivity contribution in [2.45, 2.75) is 32.6 Å². The lowest BCUT2D eigenvalue weighted by atomic mass is 9.71. The zero-order chi connectivity index (χ0) is 16.9. The maximum absolute atomic E-state index is 12.8. The van der Waals surface area contributed by atoms with E-state index in [0.717, 1.165) is 10.2 Å². The van der Waals surface area contributed by atoms with Crippen LogP contribution in [0.25, 0.3) is 0 Å². The summed E-state index contributed by atoms with van der Waals surface area (Å²) in [5.74, 6) is 0.0829. The number of hydrogen-bond acceptors (Lipinski definition) is 5. The molecule has 1 aliphatic heterocycles. The van der Waals surface area contributed by atoms with Crippen molar-refractivity contribution in [3.05, 3.63) is 39.2 Å². The molecule has 0 radical (unpaired) electrons. The molecule has 3 rings (SSSR count). The lowest BCUT2D eigenvalue weighted by Crippen LogP contribution is -2.34. The molecule has 1 atom stereocenters. The second-order valence-electron chi connectivity index (χ2n) is 6.70. The maximum atomic E-state index is 12.8. The predicted octanol–water partition coefficient (Wildman–Crippen LogP) is 2.63. The number of allylic oxidation sites excluding steroid dienone is 3. The van der Waals surface area contributed by atoms with Crippen molar-refractivity contribution in [3.63, 3.8) is 0 Å². The van der Waals surface area contributed by atoms with E-state index >= 15 is 0 Å². The monoisotopic (exact) mass is 376 g/mol. The van der Waals surface area contributed by atoms with Crippen molar-refractivity contribution >= 4 is 21.7 Å². The van der Waals surface area contributed by atoms with Crippen LogP contribution in [-0.4, -0.2) is 15.6 Å². The first-order valence-corrected chi connectivity index (χ1v) is 8.05. The lowest BCUT2D eigenvalue weighted by molar-refractivity contribution is -0.119. The minimum absolute atomic E-state index is 0.00500. The molecule has 0 saturated carbocycles. The number of nitrogens with two attached hydrogens (primary N) is 1. The van der Waals surface area contributed by atoms with E-state index in [9.17, 15) is 10.1 Å². The molecule has 1 aromatic heterocycles. The maximum Gasteiger partial charge on any atom is 0.205 e. The first kappa shape index (κ1) is 15.8. The Morgan fingerprint density at radius 1 is 1.52 bits per heavy atom. The number of hydrogen-bond donors (Lipinski definition) is 1. The van der Waals surface area contributed by atoms with Crippen molar-refractivity contribution in [2.24, 2.45) is 18.2 Å². The number of carbonyl (C=O) groups is 1. The van der Waals surface area contributed by atoms with E-state index in [4.69, 9.17) is 10.5 Å². The molecule has 23 heavy (non-hydrogen) atoms. The molecule has 1 aromatic rings. The number of aryl methyl sites for hydroxylation is 1. The molecule has 2 heterocycles. The summed E-state index contributed by atoms with van der Waals surface area (Å²) in [5, 5.41) is 13.7. The first-order chi connectivity index (χ1) is 10.7. The van der Waals surface area contributed by atoms with Gasteiger partial charge in [0.1, 0.15) is 17.4 Å². The Kier molecular flexibility index (Phi) is 3.60. The summed E-state index contributed by atoms with van der Waals surface area (Å²) in [4.78, 5) is 12.8. The van der Waals surface area contributed by atoms with Crippen molar-refractivity contribution in [1.29, 1.82) is 5.26 Å². The van der Waals surface area contributed by atoms with Crippen LogP contribution in [0.1, 0.15) is 38.3 Å². The van der Waals surface area contributed by atoms with Gasteiger partial charge in [0, 0.05) is 25.5 Å². The van der Waals surface area contributed by atoms with E-state index in [2.05, 4.69) is 27.1 Å². The van der Waals surface area contributed by atoms with E-state index in [1.807, 2.05) is 13.8 Å². The van der Waals surface area contributed by atoms with Gasteiger partial charge in [-0.1, -0.05) is 13.8 Å². The molecule has 0 amide bonds. The predicted molar refractivity (Wildman–Crippen MR) is 86.6 cm³/mol. The minimum atomic E-state index is -0.547. The van der Waals surface area contributed by atoms with Crippen LogP contribution >= 0.6 is 15.9 Å². The molecule has 0 fully saturated rings. The average Bonchev–Trinajstić information content (AvgIpc) is 2.75. The van der Waals surface area contributed by atoms with Crippen LogP contribution in [0.15, 0.2) is 33.5 Å². The summed E-state index contributed by atoms with van der Waals surface area (Å²) >= 11 is 3.46. The zero-order valence-corrected chi connectivity index (χ0v) is 14.8. The lowest BCUT2D eigenvalue weighted by Gasteiger charge is -2.37. The van der Waals surface area contributed by atoms with Crippen LogP contribution in [0.4, 0.5) is 0 Å². The molecule has 2 aliphatic rings. The van der Waals surface area contributed by atoms with Crippen LogP contribution in [-0.2, 0) is 16.6 Å². The van der Waals surface area contributed by atoms with Crippen LogP contribution in [0.3, 0.4) is 0 Å². The van der Waals surface area contributed by atoms with E-state index in [-0.39, 0.29) is 22.7 Å². The van der Waals surface area contributed by atoms with Gasteiger partial charge in [0.25, 0.3) is 0 Å². The van der Waals surface area contributed by atoms with Gasteiger partial charge in [-0.15, -0.1) is 0 Å². The largest absolute Gasteiger partial charge is 0.444 e. The number of nitrogens with zero attached hydrogens (tertiary/aromatic N) is 3. The summed E-state index contributed by atoms with van der Waals surface area (Å²) < 4.78 is 8.04. The zero-order valence-electron chi connectivity index (χ0n) is 13.2. The van der Waals surface area contributed by atoms with E-state index in [1.165, 1.54) is 0 Å². The van der Waals surface area contributed by atoms with Gasteiger partial charge >= 0.3 is 0 Å². The standard InChI is InChI=1S/C16H17BrN4O2/c1-16(2)4-10(22)13-11(5-16)23-15(19)8(6-18)12(13)14-9(17)7-20-21(14)3/h7,12H,4-5,19H2,1-3H3/t12-/m1/s1. The first-order valence-electron chi connectivity index (χ1n) is 7.26. The van der Waals surface area contributed by atoms with Gasteiger partial charge in [-0.2, -0.15) is 10.4 Å². The fourth-order valence-electron chi connectivity index (χ4n) is 3.30. The molecule has 0 spiro atoms. The van der Waals surface area contributed by atoms with Gasteiger partial charge < -0.3 is 10.5 Å². The molecule has 7 heteroatoms. The number of nitriles is 1. The topological polar surface area (TPSA) is 93.9 Å². The number of ether oxygens (including phenoxy) is 1. The molecule has 0 saturated heterocycles. The molecule has 0 aromatic carbocycles. The Balaban J connectivity index is 2.24. The van der Waals surface area contributed by atoms with Gasteiger partial charge in [0.15, 0.2) is 5.78 Å². The summed E-state index contributed by atoms with van der Waals surface area (Å²) in [7, 11) is 1.78. The Bertz CT molecular complexity index is 791. The number of halogens is 1. The summed E-state index contributed by atoms with van der Waals surface area (Å²) in [6.45, 7) is 4.04. The summed E-state index contributed by atoms with van der Waals surface area (Å²) in [6, 6.07) is 2.10. The summed E-state index contributed by atoms with van der Waals surface area (Å²) in [5.41, 5.74) is 7.29. The van der Waals surface area contributed by atoms with Gasteiger partial charge in [0.05, 0.1) is 22.3 Å². The minimum Gasteiger partial charge on any atom is -0.444 e. The number of Topliss-reactive ketones (excluding diaryl/α,β-unsaturated/α-hetero) is 1. The van der Waals surface area contributed by atoms with Crippen LogP contribution < -0.4 is 5.73 Å². The van der Waals surface area contributed by atoms with Crippen LogP contribution in [0, 0.1) is 16.7 Å². The van der Waals surface area contributed by atoms with Crippen molar-refractivity contribution in [2.75, 3.05) is 0 Å². The molecule has 0 bridgehead atoms. The van der Waals surface area contributed by atoms with Crippen LogP contribution in [0.2, 0.25) is 0 Å². The highest BCUT2D eigenvalue weighted by molar-refractivity contribution is 9.10. The summed E-state index contributed by atoms with van der Waals surface area (Å²) in [6.07, 6.45) is 2.67. The molecule has 6 nitrogen and oxygen atoms in total. The average molecular weight is 377 g/mol. The van der Waals surface area contributed by atoms with Crippen molar-refractivity contribution in [1.82, 2.24) is 9.78 Å². The SMILES string of the molecule is Cn1ncc(Br)c1[C@@H]1C(C#N)=C(N)OC2=C1C(=O)CC(C)(C)C2. The fourth-order valence-corrected chi connectivity index (χ4v) is 3.88. The van der Waals surface area contributed by atoms with E-state index in [1.54, 1.807) is 17.9 Å². The third-order valence-electron chi connectivity index (χ3n) is 4.29. The Morgan fingerprint density at radius 3 is 2.78 bits per heavy atom. The van der Waals surface area contributed by atoms with Gasteiger partial charge in [-0.25, -0.2) is 0 Å². The number of aromatic nitrogens is 2. The van der Waals surface area contributed by atoms with E-state index < -0.39 is 5.92 Å². The molecule has 2 N–H and O–H groups in total. The Hall–Kier alpha value is -2.07. The van der Waals surface area contributed by atoms with Gasteiger partial charge in [-0.3, -0.25) is 9.48 Å². The number of ketones is 1. The second kappa shape index (κ2) is 5.24. The highest BCUT2D eigenvalue weighted by atomic mass is 79.9. The van der Waals surface area contributed by atoms with Gasteiger partial charge in [0.2, 0.25) is 5.88 Å². The molecule has 0 unspecified atom stereocenters. The fraction of sp³-hybridized carbons (Fsp3) is 0.438. The van der Waals surface area contributed by atoms with Crippen molar-refractivity contribution < 1.29 is 9.53 Å². The number of rotatable bonds is 1. The van der Waals surface area contributed by atoms with Crippen molar-refractivity contribution in [3.8, 4) is 6.07 Å². The molecular formula is C16H17BrN4O2. The van der Waals surface area contributed by atoms with Crippen LogP contribution in [0.5, 0.6) is 0 Å². The molecule has 120 valence electrons. The number of carbonyl (C=O) groups excluding carboxylic acids is 1. The Labute approximate surface area is 142 Å². The second-order valence-corrected chi connectivity index (χ2v) is 7.56. The third-order valence-corrected chi connectivity index (χ3v) is 4.90.